The van der Waals surface area contributed by atoms with Gasteiger partial charge in [-0.3, -0.25) is 4.79 Å². The van der Waals surface area contributed by atoms with Gasteiger partial charge in [-0.05, 0) is 50.1 Å². The summed E-state index contributed by atoms with van der Waals surface area (Å²) in [5, 5.41) is 7.34. The van der Waals surface area contributed by atoms with Crippen LogP contribution in [0.3, 0.4) is 0 Å². The molecule has 0 unspecified atom stereocenters. The minimum Gasteiger partial charge on any atom is -0.352 e. The Labute approximate surface area is 160 Å². The molecule has 4 nitrogen and oxygen atoms in total. The second kappa shape index (κ2) is 7.60. The molecule has 0 aliphatic carbocycles. The second-order valence-electron chi connectivity index (χ2n) is 5.75. The molecule has 0 saturated carbocycles. The molecule has 1 amide bonds. The highest BCUT2D eigenvalue weighted by atomic mass is 35.5. The van der Waals surface area contributed by atoms with Crippen LogP contribution >= 0.6 is 34.5 Å². The molecule has 25 heavy (non-hydrogen) atoms. The number of benzene rings is 1. The summed E-state index contributed by atoms with van der Waals surface area (Å²) in [6, 6.07) is 11.8. The van der Waals surface area contributed by atoms with Crippen LogP contribution in [0.5, 0.6) is 0 Å². The summed E-state index contributed by atoms with van der Waals surface area (Å²) >= 11 is 13.0. The minimum absolute atomic E-state index is 0.201. The molecule has 2 aromatic heterocycles. The molecule has 1 aromatic carbocycles. The summed E-state index contributed by atoms with van der Waals surface area (Å²) < 4.78 is 2.84. The van der Waals surface area contributed by atoms with E-state index in [-0.39, 0.29) is 5.91 Å². The highest BCUT2D eigenvalue weighted by Crippen LogP contribution is 2.30. The Morgan fingerprint density at radius 3 is 2.48 bits per heavy atom. The Balaban J connectivity index is 1.58. The Morgan fingerprint density at radius 1 is 1.20 bits per heavy atom. The minimum atomic E-state index is -0.201. The molecule has 7 heteroatoms. The number of aromatic nitrogens is 2. The largest absolute Gasteiger partial charge is 0.352 e. The molecular formula is C18H17Cl2N3OS. The van der Waals surface area contributed by atoms with Crippen LogP contribution in [0.15, 0.2) is 36.4 Å². The lowest BCUT2D eigenvalue weighted by molar-refractivity contribution is 0.0954. The van der Waals surface area contributed by atoms with Crippen LogP contribution in [0.2, 0.25) is 8.67 Å². The third-order valence-corrected chi connectivity index (χ3v) is 5.28. The van der Waals surface area contributed by atoms with Crippen LogP contribution in [0.4, 0.5) is 0 Å². The number of hydrogen-bond donors (Lipinski definition) is 1. The average molecular weight is 394 g/mol. The van der Waals surface area contributed by atoms with Crippen molar-refractivity contribution in [2.75, 3.05) is 6.54 Å². The smallest absolute Gasteiger partial charge is 0.253 e. The highest BCUT2D eigenvalue weighted by Gasteiger charge is 2.13. The topological polar surface area (TPSA) is 46.9 Å². The summed E-state index contributed by atoms with van der Waals surface area (Å²) in [5.41, 5.74) is 4.69. The summed E-state index contributed by atoms with van der Waals surface area (Å²) in [5.74, 6) is -0.201. The normalized spacial score (nSPS) is 10.9. The number of aryl methyl sites for hydroxylation is 2. The van der Waals surface area contributed by atoms with Gasteiger partial charge in [0.2, 0.25) is 0 Å². The predicted octanol–water partition coefficient (Wildman–Crippen LogP) is 4.83. The molecule has 2 heterocycles. The molecule has 0 saturated heterocycles. The first kappa shape index (κ1) is 18.0. The zero-order valence-electron chi connectivity index (χ0n) is 13.8. The Kier molecular flexibility index (Phi) is 5.47. The number of carbonyl (C=O) groups is 1. The van der Waals surface area contributed by atoms with Crippen molar-refractivity contribution < 1.29 is 4.79 Å². The number of thiophene rings is 1. The van der Waals surface area contributed by atoms with Crippen molar-refractivity contribution >= 4 is 40.4 Å². The number of hydrogen-bond acceptors (Lipinski definition) is 3. The Bertz CT molecular complexity index is 900. The molecule has 0 bridgehead atoms. The van der Waals surface area contributed by atoms with E-state index in [2.05, 4.69) is 10.4 Å². The number of halogens is 2. The van der Waals surface area contributed by atoms with E-state index >= 15 is 0 Å². The molecule has 0 radical (unpaired) electrons. The van der Waals surface area contributed by atoms with Gasteiger partial charge in [0, 0.05) is 12.2 Å². The molecule has 0 aliphatic heterocycles. The maximum atomic E-state index is 12.1. The van der Waals surface area contributed by atoms with Gasteiger partial charge in [0.25, 0.3) is 5.91 Å². The van der Waals surface area contributed by atoms with Gasteiger partial charge < -0.3 is 5.32 Å². The number of nitrogens with one attached hydrogen (secondary N) is 1. The second-order valence-corrected chi connectivity index (χ2v) is 8.03. The van der Waals surface area contributed by atoms with E-state index in [9.17, 15) is 4.79 Å². The van der Waals surface area contributed by atoms with Crippen molar-refractivity contribution in [3.05, 3.63) is 67.6 Å². The van der Waals surface area contributed by atoms with Crippen molar-refractivity contribution in [2.45, 2.75) is 20.3 Å². The zero-order valence-corrected chi connectivity index (χ0v) is 16.2. The van der Waals surface area contributed by atoms with Gasteiger partial charge in [0.1, 0.15) is 4.34 Å². The fourth-order valence-corrected chi connectivity index (χ4v) is 4.06. The van der Waals surface area contributed by atoms with Gasteiger partial charge in [-0.2, -0.15) is 5.10 Å². The molecule has 0 aliphatic rings. The first-order valence-electron chi connectivity index (χ1n) is 7.79. The van der Waals surface area contributed by atoms with Gasteiger partial charge in [-0.1, -0.05) is 35.3 Å². The average Bonchev–Trinajstić information content (AvgIpc) is 3.08. The molecule has 3 aromatic rings. The maximum absolute atomic E-state index is 12.1. The predicted molar refractivity (Wildman–Crippen MR) is 103 cm³/mol. The highest BCUT2D eigenvalue weighted by molar-refractivity contribution is 7.20. The fourth-order valence-electron chi connectivity index (χ4n) is 2.60. The van der Waals surface area contributed by atoms with Crippen LogP contribution < -0.4 is 5.32 Å². The summed E-state index contributed by atoms with van der Waals surface area (Å²) in [4.78, 5) is 12.1. The van der Waals surface area contributed by atoms with Crippen molar-refractivity contribution in [1.82, 2.24) is 15.1 Å². The number of rotatable bonds is 5. The first-order valence-corrected chi connectivity index (χ1v) is 9.37. The standard InChI is InChI=1S/C18H17Cl2N3OS/c1-11-9-12(2)23(22-11)14-5-3-13(4-6-14)7-8-21-18(24)15-10-16(19)25-17(15)20/h3-6,9-10H,7-8H2,1-2H3,(H,21,24). The number of carbonyl (C=O) groups excluding carboxylic acids is 1. The van der Waals surface area contributed by atoms with E-state index in [1.165, 1.54) is 11.3 Å². The van der Waals surface area contributed by atoms with E-state index in [0.29, 0.717) is 20.8 Å². The van der Waals surface area contributed by atoms with E-state index < -0.39 is 0 Å². The Hall–Kier alpha value is -1.82. The lowest BCUT2D eigenvalue weighted by Gasteiger charge is -2.07. The third-order valence-electron chi connectivity index (χ3n) is 3.79. The van der Waals surface area contributed by atoms with Crippen LogP contribution in [0, 0.1) is 13.8 Å². The molecule has 1 N–H and O–H groups in total. The van der Waals surface area contributed by atoms with Gasteiger partial charge in [-0.15, -0.1) is 11.3 Å². The van der Waals surface area contributed by atoms with Crippen LogP contribution in [-0.2, 0) is 6.42 Å². The van der Waals surface area contributed by atoms with Crippen LogP contribution in [0.1, 0.15) is 27.3 Å². The van der Waals surface area contributed by atoms with E-state index in [4.69, 9.17) is 23.2 Å². The number of nitrogens with zero attached hydrogens (tertiary/aromatic N) is 2. The molecule has 0 spiro atoms. The van der Waals surface area contributed by atoms with Crippen molar-refractivity contribution in [1.29, 1.82) is 0 Å². The van der Waals surface area contributed by atoms with E-state index in [1.54, 1.807) is 6.07 Å². The lowest BCUT2D eigenvalue weighted by atomic mass is 10.1. The molecule has 130 valence electrons. The third kappa shape index (κ3) is 4.24. The summed E-state index contributed by atoms with van der Waals surface area (Å²) in [6.45, 7) is 4.54. The quantitative estimate of drug-likeness (QED) is 0.674. The van der Waals surface area contributed by atoms with Crippen molar-refractivity contribution in [3.8, 4) is 5.69 Å². The SMILES string of the molecule is Cc1cc(C)n(-c2ccc(CCNC(=O)c3cc(Cl)sc3Cl)cc2)n1. The van der Waals surface area contributed by atoms with Gasteiger partial charge in [-0.25, -0.2) is 4.68 Å². The maximum Gasteiger partial charge on any atom is 0.253 e. The van der Waals surface area contributed by atoms with Gasteiger partial charge >= 0.3 is 0 Å². The van der Waals surface area contributed by atoms with Crippen LogP contribution in [0.25, 0.3) is 5.69 Å². The summed E-state index contributed by atoms with van der Waals surface area (Å²) in [6.07, 6.45) is 0.735. The van der Waals surface area contributed by atoms with Crippen molar-refractivity contribution in [3.63, 3.8) is 0 Å². The molecular weight excluding hydrogens is 377 g/mol. The van der Waals surface area contributed by atoms with Crippen molar-refractivity contribution in [2.24, 2.45) is 0 Å². The molecule has 3 rings (SSSR count). The summed E-state index contributed by atoms with van der Waals surface area (Å²) in [7, 11) is 0. The number of amides is 1. The monoisotopic (exact) mass is 393 g/mol. The molecule has 0 atom stereocenters. The zero-order chi connectivity index (χ0) is 18.0. The van der Waals surface area contributed by atoms with E-state index in [0.717, 1.165) is 29.1 Å². The van der Waals surface area contributed by atoms with Gasteiger partial charge in [0.15, 0.2) is 0 Å². The van der Waals surface area contributed by atoms with Gasteiger partial charge in [0.05, 0.1) is 21.3 Å². The first-order chi connectivity index (χ1) is 11.9. The van der Waals surface area contributed by atoms with Crippen LogP contribution in [-0.4, -0.2) is 22.2 Å². The van der Waals surface area contributed by atoms with E-state index in [1.807, 2.05) is 48.9 Å². The Morgan fingerprint density at radius 2 is 1.92 bits per heavy atom. The molecule has 0 fully saturated rings. The fraction of sp³-hybridized carbons (Fsp3) is 0.222. The lowest BCUT2D eigenvalue weighted by Crippen LogP contribution is -2.25.